The highest BCUT2D eigenvalue weighted by Crippen LogP contribution is 2.26. The minimum Gasteiger partial charge on any atom is -0.472 e. The predicted octanol–water partition coefficient (Wildman–Crippen LogP) is 4.65. The minimum absolute atomic E-state index is 0.0971. The van der Waals surface area contributed by atoms with Crippen LogP contribution in [0.5, 0.6) is 0 Å². The first-order valence-corrected chi connectivity index (χ1v) is 7.93. The molecule has 20 heavy (non-hydrogen) atoms. The van der Waals surface area contributed by atoms with Crippen molar-refractivity contribution in [1.82, 2.24) is 5.32 Å². The Morgan fingerprint density at radius 3 is 2.90 bits per heavy atom. The highest BCUT2D eigenvalue weighted by molar-refractivity contribution is 7.18. The Morgan fingerprint density at radius 2 is 2.20 bits per heavy atom. The molecule has 0 aliphatic heterocycles. The van der Waals surface area contributed by atoms with Crippen molar-refractivity contribution in [2.24, 2.45) is 0 Å². The maximum absolute atomic E-state index is 11.9. The van der Waals surface area contributed by atoms with Gasteiger partial charge in [-0.2, -0.15) is 0 Å². The van der Waals surface area contributed by atoms with Crippen LogP contribution < -0.4 is 5.32 Å². The molecule has 102 valence electrons. The third-order valence-electron chi connectivity index (χ3n) is 2.73. The molecule has 3 aromatic rings. The molecule has 3 nitrogen and oxygen atoms in total. The van der Waals surface area contributed by atoms with Gasteiger partial charge < -0.3 is 9.73 Å². The molecule has 0 spiro atoms. The van der Waals surface area contributed by atoms with Crippen LogP contribution in [-0.2, 0) is 6.54 Å². The van der Waals surface area contributed by atoms with Gasteiger partial charge in [0.25, 0.3) is 5.91 Å². The van der Waals surface area contributed by atoms with Crippen molar-refractivity contribution in [2.45, 2.75) is 6.54 Å². The fourth-order valence-electron chi connectivity index (χ4n) is 1.74. The Kier molecular flexibility index (Phi) is 3.91. The number of carbonyl (C=O) groups excluding carboxylic acids is 1. The van der Waals surface area contributed by atoms with Crippen LogP contribution in [-0.4, -0.2) is 5.91 Å². The first kappa shape index (κ1) is 13.4. The molecule has 0 saturated carbocycles. The number of furan rings is 1. The van der Waals surface area contributed by atoms with E-state index in [2.05, 4.69) is 11.4 Å². The van der Waals surface area contributed by atoms with Gasteiger partial charge >= 0.3 is 0 Å². The number of nitrogens with one attached hydrogen (secondary N) is 1. The Labute approximate surface area is 128 Å². The third kappa shape index (κ3) is 2.95. The van der Waals surface area contributed by atoms with Crippen molar-refractivity contribution in [3.8, 4) is 11.1 Å². The molecule has 0 bridgehead atoms. The summed E-state index contributed by atoms with van der Waals surface area (Å²) in [5.41, 5.74) is 2.15. The molecule has 3 heterocycles. The van der Waals surface area contributed by atoms with E-state index in [1.165, 1.54) is 11.3 Å². The van der Waals surface area contributed by atoms with Crippen LogP contribution in [0.2, 0.25) is 4.34 Å². The van der Waals surface area contributed by atoms with E-state index in [4.69, 9.17) is 16.0 Å². The van der Waals surface area contributed by atoms with Gasteiger partial charge in [-0.25, -0.2) is 0 Å². The molecule has 6 heteroatoms. The highest BCUT2D eigenvalue weighted by Gasteiger charge is 2.09. The van der Waals surface area contributed by atoms with Crippen molar-refractivity contribution in [2.75, 3.05) is 0 Å². The van der Waals surface area contributed by atoms with Crippen LogP contribution >= 0.6 is 34.3 Å². The zero-order valence-electron chi connectivity index (χ0n) is 10.3. The Balaban J connectivity index is 1.63. The van der Waals surface area contributed by atoms with Gasteiger partial charge in [-0.05, 0) is 35.2 Å². The summed E-state index contributed by atoms with van der Waals surface area (Å²) in [4.78, 5) is 13.6. The molecule has 0 radical (unpaired) electrons. The molecule has 0 aliphatic rings. The Morgan fingerprint density at radius 1 is 1.30 bits per heavy atom. The maximum atomic E-state index is 11.9. The summed E-state index contributed by atoms with van der Waals surface area (Å²) < 4.78 is 5.68. The van der Waals surface area contributed by atoms with E-state index < -0.39 is 0 Å². The quantitative estimate of drug-likeness (QED) is 0.759. The first-order valence-electron chi connectivity index (χ1n) is 5.86. The molecule has 1 amide bonds. The van der Waals surface area contributed by atoms with Gasteiger partial charge in [-0.15, -0.1) is 22.7 Å². The van der Waals surface area contributed by atoms with Crippen molar-refractivity contribution >= 4 is 40.2 Å². The molecule has 0 aromatic carbocycles. The maximum Gasteiger partial charge on any atom is 0.261 e. The smallest absolute Gasteiger partial charge is 0.261 e. The predicted molar refractivity (Wildman–Crippen MR) is 82.5 cm³/mol. The minimum atomic E-state index is -0.0971. The zero-order valence-corrected chi connectivity index (χ0v) is 12.6. The zero-order chi connectivity index (χ0) is 13.9. The summed E-state index contributed by atoms with van der Waals surface area (Å²) >= 11 is 8.70. The van der Waals surface area contributed by atoms with Crippen molar-refractivity contribution in [3.63, 3.8) is 0 Å². The highest BCUT2D eigenvalue weighted by atomic mass is 35.5. The first-order chi connectivity index (χ1) is 9.72. The summed E-state index contributed by atoms with van der Waals surface area (Å²) in [5.74, 6) is -0.0971. The molecular formula is C14H10ClNO2S2. The van der Waals surface area contributed by atoms with Crippen molar-refractivity contribution in [1.29, 1.82) is 0 Å². The van der Waals surface area contributed by atoms with Crippen LogP contribution in [0.25, 0.3) is 11.1 Å². The number of hydrogen-bond acceptors (Lipinski definition) is 4. The van der Waals surface area contributed by atoms with Gasteiger partial charge in [0, 0.05) is 10.4 Å². The molecule has 0 fully saturated rings. The van der Waals surface area contributed by atoms with Crippen LogP contribution in [0, 0.1) is 0 Å². The summed E-state index contributed by atoms with van der Waals surface area (Å²) in [7, 11) is 0. The van der Waals surface area contributed by atoms with Gasteiger partial charge in [-0.1, -0.05) is 11.6 Å². The van der Waals surface area contributed by atoms with E-state index in [0.717, 1.165) is 16.0 Å². The lowest BCUT2D eigenvalue weighted by Crippen LogP contribution is -2.21. The number of halogens is 1. The average molecular weight is 324 g/mol. The molecule has 0 saturated heterocycles. The fraction of sp³-hybridized carbons (Fsp3) is 0.0714. The van der Waals surface area contributed by atoms with Gasteiger partial charge in [0.1, 0.15) is 0 Å². The lowest BCUT2D eigenvalue weighted by atomic mass is 10.2. The molecule has 3 aromatic heterocycles. The van der Waals surface area contributed by atoms with Gasteiger partial charge in [0.2, 0.25) is 0 Å². The van der Waals surface area contributed by atoms with Crippen LogP contribution in [0.15, 0.2) is 46.6 Å². The van der Waals surface area contributed by atoms with E-state index >= 15 is 0 Å². The monoisotopic (exact) mass is 323 g/mol. The van der Waals surface area contributed by atoms with E-state index in [1.54, 1.807) is 36.0 Å². The van der Waals surface area contributed by atoms with Crippen molar-refractivity contribution < 1.29 is 9.21 Å². The molecule has 1 N–H and O–H groups in total. The normalized spacial score (nSPS) is 10.7. The summed E-state index contributed by atoms with van der Waals surface area (Å²) in [6.45, 7) is 0.511. The lowest BCUT2D eigenvalue weighted by molar-refractivity contribution is 0.0955. The number of hydrogen-bond donors (Lipinski definition) is 1. The average Bonchev–Trinajstić information content (AvgIpc) is 3.16. The standard InChI is InChI=1S/C14H10ClNO2S2/c15-13-2-1-12(20-13)14(17)16-6-11-5-10(8-19-11)9-3-4-18-7-9/h1-5,7-8H,6H2,(H,16,17). The number of rotatable bonds is 4. The lowest BCUT2D eigenvalue weighted by Gasteiger charge is -2.00. The van der Waals surface area contributed by atoms with Gasteiger partial charge in [0.05, 0.1) is 28.3 Å². The Hall–Kier alpha value is -1.56. The molecular weight excluding hydrogens is 314 g/mol. The Bertz CT molecular complexity index is 715. The summed E-state index contributed by atoms with van der Waals surface area (Å²) in [5, 5.41) is 4.94. The van der Waals surface area contributed by atoms with Crippen LogP contribution in [0.3, 0.4) is 0 Å². The molecule has 0 atom stereocenters. The number of carbonyl (C=O) groups is 1. The fourth-order valence-corrected chi connectivity index (χ4v) is 3.54. The van der Waals surface area contributed by atoms with Gasteiger partial charge in [-0.3, -0.25) is 4.79 Å². The SMILES string of the molecule is O=C(NCc1cc(-c2ccoc2)cs1)c1ccc(Cl)s1. The second-order valence-electron chi connectivity index (χ2n) is 4.10. The summed E-state index contributed by atoms with van der Waals surface area (Å²) in [6, 6.07) is 7.42. The molecule has 0 aliphatic carbocycles. The number of amides is 1. The number of thiophene rings is 2. The van der Waals surface area contributed by atoms with Gasteiger partial charge in [0.15, 0.2) is 0 Å². The summed E-state index contributed by atoms with van der Waals surface area (Å²) in [6.07, 6.45) is 3.35. The van der Waals surface area contributed by atoms with Crippen molar-refractivity contribution in [3.05, 3.63) is 56.3 Å². The third-order valence-corrected chi connectivity index (χ3v) is 4.90. The van der Waals surface area contributed by atoms with Crippen LogP contribution in [0.4, 0.5) is 0 Å². The van der Waals surface area contributed by atoms with E-state index in [-0.39, 0.29) is 5.91 Å². The second-order valence-corrected chi connectivity index (χ2v) is 6.81. The van der Waals surface area contributed by atoms with E-state index in [1.807, 2.05) is 11.4 Å². The molecule has 0 unspecified atom stereocenters. The van der Waals surface area contributed by atoms with E-state index in [9.17, 15) is 4.79 Å². The topological polar surface area (TPSA) is 42.2 Å². The molecule has 3 rings (SSSR count). The second kappa shape index (κ2) is 5.83. The van der Waals surface area contributed by atoms with Crippen LogP contribution in [0.1, 0.15) is 14.5 Å². The van der Waals surface area contributed by atoms with E-state index in [0.29, 0.717) is 15.8 Å². The largest absolute Gasteiger partial charge is 0.472 e.